The number of hydrogen-bond donors (Lipinski definition) is 1. The summed E-state index contributed by atoms with van der Waals surface area (Å²) in [6.07, 6.45) is -0.439. The van der Waals surface area contributed by atoms with Gasteiger partial charge in [0, 0.05) is 37.8 Å². The summed E-state index contributed by atoms with van der Waals surface area (Å²) in [7, 11) is 0. The van der Waals surface area contributed by atoms with Crippen LogP contribution in [0.2, 0.25) is 0 Å². The Kier molecular flexibility index (Phi) is 3.66. The summed E-state index contributed by atoms with van der Waals surface area (Å²) in [5, 5.41) is 3.29. The number of piperazine rings is 1. The van der Waals surface area contributed by atoms with Crippen LogP contribution in [0.3, 0.4) is 0 Å². The molecule has 1 aromatic rings. The van der Waals surface area contributed by atoms with Gasteiger partial charge in [0.05, 0.1) is 19.3 Å². The number of nitrogens with zero attached hydrogens (tertiary/aromatic N) is 2. The van der Waals surface area contributed by atoms with Crippen molar-refractivity contribution in [2.24, 2.45) is 0 Å². The van der Waals surface area contributed by atoms with Crippen molar-refractivity contribution in [2.75, 3.05) is 32.8 Å². The van der Waals surface area contributed by atoms with Crippen LogP contribution in [-0.4, -0.2) is 43.7 Å². The number of benzene rings is 1. The van der Waals surface area contributed by atoms with E-state index in [9.17, 15) is 8.78 Å². The monoisotopic (exact) mass is 279 g/mol. The van der Waals surface area contributed by atoms with E-state index in [1.54, 1.807) is 0 Å². The zero-order valence-corrected chi connectivity index (χ0v) is 10.9. The minimum Gasteiger partial charge on any atom is -0.370 e. The van der Waals surface area contributed by atoms with Gasteiger partial charge in [-0.1, -0.05) is 6.07 Å². The summed E-state index contributed by atoms with van der Waals surface area (Å²) in [6.45, 7) is 10.6. The highest BCUT2D eigenvalue weighted by molar-refractivity contribution is 5.50. The van der Waals surface area contributed by atoms with Crippen LogP contribution in [-0.2, 0) is 4.74 Å². The van der Waals surface area contributed by atoms with Crippen LogP contribution in [0.4, 0.5) is 14.5 Å². The first-order valence-electron chi connectivity index (χ1n) is 6.62. The molecule has 2 saturated heterocycles. The highest BCUT2D eigenvalue weighted by Crippen LogP contribution is 2.32. The van der Waals surface area contributed by atoms with Crippen LogP contribution in [0.15, 0.2) is 12.1 Å². The van der Waals surface area contributed by atoms with Crippen LogP contribution in [0.1, 0.15) is 11.7 Å². The second kappa shape index (κ2) is 5.44. The summed E-state index contributed by atoms with van der Waals surface area (Å²) < 4.78 is 33.2. The number of fused-ring (bicyclic) bond motifs is 1. The lowest BCUT2D eigenvalue weighted by Crippen LogP contribution is -2.57. The van der Waals surface area contributed by atoms with E-state index in [1.165, 1.54) is 6.07 Å². The van der Waals surface area contributed by atoms with E-state index in [2.05, 4.69) is 15.1 Å². The average molecular weight is 279 g/mol. The molecule has 0 bridgehead atoms. The Hall–Kier alpha value is -1.55. The summed E-state index contributed by atoms with van der Waals surface area (Å²) in [4.78, 5) is 5.18. The third-order valence-corrected chi connectivity index (χ3v) is 3.92. The van der Waals surface area contributed by atoms with E-state index in [0.29, 0.717) is 19.2 Å². The van der Waals surface area contributed by atoms with E-state index in [1.807, 2.05) is 0 Å². The highest BCUT2D eigenvalue weighted by Gasteiger charge is 2.33. The first-order valence-corrected chi connectivity index (χ1v) is 6.62. The van der Waals surface area contributed by atoms with E-state index in [0.717, 1.165) is 25.7 Å². The Balaban J connectivity index is 1.85. The molecule has 6 heteroatoms. The third-order valence-electron chi connectivity index (χ3n) is 3.92. The molecular weight excluding hydrogens is 264 g/mol. The first-order chi connectivity index (χ1) is 9.70. The SMILES string of the molecule is [C-]#[N+]c1c(F)ccc([C@@H]2CN3CCNC[C@@H]3CO2)c1F. The van der Waals surface area contributed by atoms with Gasteiger partial charge in [-0.2, -0.15) is 0 Å². The van der Waals surface area contributed by atoms with E-state index >= 15 is 0 Å². The second-order valence-electron chi connectivity index (χ2n) is 5.09. The summed E-state index contributed by atoms with van der Waals surface area (Å²) >= 11 is 0. The van der Waals surface area contributed by atoms with Crippen LogP contribution in [0.25, 0.3) is 4.85 Å². The van der Waals surface area contributed by atoms with Crippen LogP contribution < -0.4 is 5.32 Å². The number of ether oxygens (including phenoxy) is 1. The summed E-state index contributed by atoms with van der Waals surface area (Å²) in [5.41, 5.74) is -0.275. The highest BCUT2D eigenvalue weighted by atomic mass is 19.1. The molecule has 0 spiro atoms. The van der Waals surface area contributed by atoms with Crippen molar-refractivity contribution in [2.45, 2.75) is 12.1 Å². The molecule has 4 nitrogen and oxygen atoms in total. The second-order valence-corrected chi connectivity index (χ2v) is 5.09. The molecule has 106 valence electrons. The number of halogens is 2. The maximum absolute atomic E-state index is 14.2. The van der Waals surface area contributed by atoms with Gasteiger partial charge in [0.1, 0.15) is 11.6 Å². The number of morpholine rings is 1. The van der Waals surface area contributed by atoms with E-state index in [-0.39, 0.29) is 5.56 Å². The lowest BCUT2D eigenvalue weighted by Gasteiger charge is -2.42. The van der Waals surface area contributed by atoms with Gasteiger partial charge >= 0.3 is 0 Å². The molecule has 1 N–H and O–H groups in total. The molecular formula is C14H15F2N3O. The minimum atomic E-state index is -0.822. The fraction of sp³-hybridized carbons (Fsp3) is 0.500. The maximum Gasteiger partial charge on any atom is 0.257 e. The van der Waals surface area contributed by atoms with Crippen LogP contribution in [0.5, 0.6) is 0 Å². The van der Waals surface area contributed by atoms with Crippen LogP contribution >= 0.6 is 0 Å². The zero-order valence-electron chi connectivity index (χ0n) is 10.9. The fourth-order valence-corrected chi connectivity index (χ4v) is 2.80. The zero-order chi connectivity index (χ0) is 14.1. The predicted molar refractivity (Wildman–Crippen MR) is 69.5 cm³/mol. The van der Waals surface area contributed by atoms with Crippen molar-refractivity contribution in [3.05, 3.63) is 40.7 Å². The molecule has 0 unspecified atom stereocenters. The molecule has 0 amide bonds. The predicted octanol–water partition coefficient (Wildman–Crippen LogP) is 1.86. The van der Waals surface area contributed by atoms with Crippen molar-refractivity contribution < 1.29 is 13.5 Å². The number of rotatable bonds is 1. The molecule has 0 radical (unpaired) electrons. The molecule has 2 aliphatic heterocycles. The average Bonchev–Trinajstić information content (AvgIpc) is 2.47. The van der Waals surface area contributed by atoms with Gasteiger partial charge in [0.25, 0.3) is 5.69 Å². The fourth-order valence-electron chi connectivity index (χ4n) is 2.80. The van der Waals surface area contributed by atoms with Gasteiger partial charge in [-0.25, -0.2) is 13.6 Å². The third kappa shape index (κ3) is 2.29. The van der Waals surface area contributed by atoms with Gasteiger partial charge in [0.15, 0.2) is 0 Å². The summed E-state index contributed by atoms with van der Waals surface area (Å²) in [6, 6.07) is 2.83. The number of nitrogens with one attached hydrogen (secondary N) is 1. The molecule has 2 heterocycles. The molecule has 0 aliphatic carbocycles. The Morgan fingerprint density at radius 2 is 2.25 bits per heavy atom. The largest absolute Gasteiger partial charge is 0.370 e. The van der Waals surface area contributed by atoms with Gasteiger partial charge < -0.3 is 10.1 Å². The van der Waals surface area contributed by atoms with E-state index in [4.69, 9.17) is 11.3 Å². The van der Waals surface area contributed by atoms with Gasteiger partial charge in [0.2, 0.25) is 0 Å². The maximum atomic E-state index is 14.2. The van der Waals surface area contributed by atoms with Crippen molar-refractivity contribution in [1.82, 2.24) is 10.2 Å². The number of hydrogen-bond acceptors (Lipinski definition) is 3. The lowest BCUT2D eigenvalue weighted by atomic mass is 10.0. The van der Waals surface area contributed by atoms with Gasteiger partial charge in [-0.05, 0) is 6.07 Å². The van der Waals surface area contributed by atoms with Crippen molar-refractivity contribution in [3.63, 3.8) is 0 Å². The molecule has 20 heavy (non-hydrogen) atoms. The van der Waals surface area contributed by atoms with Crippen molar-refractivity contribution in [1.29, 1.82) is 0 Å². The molecule has 2 atom stereocenters. The van der Waals surface area contributed by atoms with Crippen LogP contribution in [0, 0.1) is 18.2 Å². The first kappa shape index (κ1) is 13.4. The minimum absolute atomic E-state index is 0.273. The van der Waals surface area contributed by atoms with Gasteiger partial charge in [-0.15, -0.1) is 0 Å². The molecule has 2 aliphatic rings. The molecule has 0 saturated carbocycles. The normalized spacial score (nSPS) is 26.9. The molecule has 0 aromatic heterocycles. The Morgan fingerprint density at radius 3 is 3.05 bits per heavy atom. The Morgan fingerprint density at radius 1 is 1.40 bits per heavy atom. The summed E-state index contributed by atoms with van der Waals surface area (Å²) in [5.74, 6) is -1.62. The van der Waals surface area contributed by atoms with Gasteiger partial charge in [-0.3, -0.25) is 4.90 Å². The Bertz CT molecular complexity index is 558. The topological polar surface area (TPSA) is 28.9 Å². The van der Waals surface area contributed by atoms with E-state index < -0.39 is 23.4 Å². The Labute approximate surface area is 116 Å². The molecule has 2 fully saturated rings. The smallest absolute Gasteiger partial charge is 0.257 e. The molecule has 1 aromatic carbocycles. The molecule has 3 rings (SSSR count). The van der Waals surface area contributed by atoms with Crippen molar-refractivity contribution in [3.8, 4) is 0 Å². The van der Waals surface area contributed by atoms with Crippen molar-refractivity contribution >= 4 is 5.69 Å². The standard InChI is InChI=1S/C14H15F2N3O/c1-17-14-11(15)3-2-10(13(14)16)12-7-19-5-4-18-6-9(19)8-20-12/h2-3,9,12,18H,4-8H2/t9-,12+/m1/s1. The quantitative estimate of drug-likeness (QED) is 0.796. The lowest BCUT2D eigenvalue weighted by molar-refractivity contribution is -0.0729.